The van der Waals surface area contributed by atoms with Crippen LogP contribution in [0.25, 0.3) is 0 Å². The molecule has 2 aromatic rings. The van der Waals surface area contributed by atoms with E-state index in [4.69, 9.17) is 4.74 Å². The van der Waals surface area contributed by atoms with Gasteiger partial charge in [-0.05, 0) is 48.2 Å². The first-order valence-corrected chi connectivity index (χ1v) is 12.7. The SMILES string of the molecule is COc1cc(C)c(S(=O)(=O)N2CCN(S(=O)(=O)c3ccccc3)CC2)cc1C(C)C. The number of ether oxygens (including phenoxy) is 1. The van der Waals surface area contributed by atoms with Gasteiger partial charge in [-0.2, -0.15) is 8.61 Å². The maximum absolute atomic E-state index is 13.3. The van der Waals surface area contributed by atoms with Crippen molar-refractivity contribution in [3.05, 3.63) is 53.6 Å². The molecule has 9 heteroatoms. The Balaban J connectivity index is 1.84. The molecule has 0 atom stereocenters. The molecule has 1 aliphatic heterocycles. The standard InChI is InChI=1S/C21H28N2O5S2/c1-16(2)19-15-21(17(3)14-20(19)28-4)30(26,27)23-12-10-22(11-13-23)29(24,25)18-8-6-5-7-9-18/h5-9,14-16H,10-13H2,1-4H3. The Kier molecular flexibility index (Phi) is 6.57. The zero-order valence-electron chi connectivity index (χ0n) is 17.7. The Bertz CT molecular complexity index is 1110. The van der Waals surface area contributed by atoms with Crippen molar-refractivity contribution in [1.29, 1.82) is 0 Å². The number of sulfonamides is 2. The van der Waals surface area contributed by atoms with Crippen LogP contribution in [0.5, 0.6) is 5.75 Å². The van der Waals surface area contributed by atoms with Gasteiger partial charge >= 0.3 is 0 Å². The zero-order valence-corrected chi connectivity index (χ0v) is 19.3. The van der Waals surface area contributed by atoms with Crippen LogP contribution in [0, 0.1) is 6.92 Å². The van der Waals surface area contributed by atoms with E-state index in [-0.39, 0.29) is 41.9 Å². The normalized spacial score (nSPS) is 16.7. The monoisotopic (exact) mass is 452 g/mol. The largest absolute Gasteiger partial charge is 0.496 e. The molecular formula is C21H28N2O5S2. The van der Waals surface area contributed by atoms with E-state index in [0.717, 1.165) is 5.56 Å². The molecule has 0 saturated carbocycles. The fourth-order valence-corrected chi connectivity index (χ4v) is 6.72. The van der Waals surface area contributed by atoms with E-state index < -0.39 is 20.0 Å². The van der Waals surface area contributed by atoms with Crippen molar-refractivity contribution < 1.29 is 21.6 Å². The van der Waals surface area contributed by atoms with Crippen molar-refractivity contribution in [2.75, 3.05) is 33.3 Å². The summed E-state index contributed by atoms with van der Waals surface area (Å²) in [6, 6.07) is 11.6. The van der Waals surface area contributed by atoms with Gasteiger partial charge in [-0.1, -0.05) is 32.0 Å². The number of hydrogen-bond acceptors (Lipinski definition) is 5. The Morgan fingerprint density at radius 3 is 1.90 bits per heavy atom. The van der Waals surface area contributed by atoms with E-state index in [1.165, 1.54) is 8.61 Å². The predicted molar refractivity (Wildman–Crippen MR) is 116 cm³/mol. The van der Waals surface area contributed by atoms with E-state index in [2.05, 4.69) is 0 Å². The molecule has 2 aromatic carbocycles. The fourth-order valence-electron chi connectivity index (χ4n) is 3.61. The summed E-state index contributed by atoms with van der Waals surface area (Å²) in [5.41, 5.74) is 1.43. The molecular weight excluding hydrogens is 424 g/mol. The first-order valence-electron chi connectivity index (χ1n) is 9.83. The van der Waals surface area contributed by atoms with Crippen molar-refractivity contribution >= 4 is 20.0 Å². The summed E-state index contributed by atoms with van der Waals surface area (Å²) >= 11 is 0. The first-order chi connectivity index (χ1) is 14.1. The van der Waals surface area contributed by atoms with Crippen LogP contribution in [0.15, 0.2) is 52.3 Å². The number of benzene rings is 2. The number of aryl methyl sites for hydroxylation is 1. The first kappa shape index (κ1) is 22.7. The summed E-state index contributed by atoms with van der Waals surface area (Å²) in [6.07, 6.45) is 0. The van der Waals surface area contributed by atoms with E-state index in [1.807, 2.05) is 13.8 Å². The third-order valence-corrected chi connectivity index (χ3v) is 9.30. The number of methoxy groups -OCH3 is 1. The molecule has 1 aliphatic rings. The van der Waals surface area contributed by atoms with Crippen LogP contribution in [0.3, 0.4) is 0 Å². The summed E-state index contributed by atoms with van der Waals surface area (Å²) in [7, 11) is -5.82. The molecule has 3 rings (SSSR count). The lowest BCUT2D eigenvalue weighted by Gasteiger charge is -2.33. The second-order valence-electron chi connectivity index (χ2n) is 7.64. The zero-order chi connectivity index (χ0) is 22.1. The number of rotatable bonds is 6. The summed E-state index contributed by atoms with van der Waals surface area (Å²) in [6.45, 7) is 6.16. The minimum atomic E-state index is -3.75. The topological polar surface area (TPSA) is 84.0 Å². The maximum atomic E-state index is 13.3. The minimum absolute atomic E-state index is 0.0994. The lowest BCUT2D eigenvalue weighted by molar-refractivity contribution is 0.272. The van der Waals surface area contributed by atoms with Gasteiger partial charge in [0.25, 0.3) is 0 Å². The summed E-state index contributed by atoms with van der Waals surface area (Å²) < 4.78 is 60.4. The number of hydrogen-bond donors (Lipinski definition) is 0. The van der Waals surface area contributed by atoms with E-state index in [1.54, 1.807) is 56.5 Å². The van der Waals surface area contributed by atoms with E-state index >= 15 is 0 Å². The molecule has 0 N–H and O–H groups in total. The molecule has 164 valence electrons. The molecule has 0 bridgehead atoms. The molecule has 1 heterocycles. The second-order valence-corrected chi connectivity index (χ2v) is 11.5. The quantitative estimate of drug-likeness (QED) is 0.673. The van der Waals surface area contributed by atoms with Gasteiger partial charge in [-0.25, -0.2) is 16.8 Å². The number of piperazine rings is 1. The highest BCUT2D eigenvalue weighted by Gasteiger charge is 2.34. The van der Waals surface area contributed by atoms with Crippen LogP contribution in [0.4, 0.5) is 0 Å². The van der Waals surface area contributed by atoms with Gasteiger partial charge in [-0.15, -0.1) is 0 Å². The van der Waals surface area contributed by atoms with Crippen molar-refractivity contribution in [2.45, 2.75) is 36.5 Å². The van der Waals surface area contributed by atoms with Crippen LogP contribution in [-0.4, -0.2) is 58.7 Å². The van der Waals surface area contributed by atoms with Gasteiger partial charge in [0.15, 0.2) is 0 Å². The average molecular weight is 453 g/mol. The molecule has 7 nitrogen and oxygen atoms in total. The van der Waals surface area contributed by atoms with E-state index in [9.17, 15) is 16.8 Å². The van der Waals surface area contributed by atoms with E-state index in [0.29, 0.717) is 11.3 Å². The maximum Gasteiger partial charge on any atom is 0.243 e. The Morgan fingerprint density at radius 2 is 1.40 bits per heavy atom. The van der Waals surface area contributed by atoms with Crippen molar-refractivity contribution in [3.63, 3.8) is 0 Å². The Hall–Kier alpha value is -1.94. The highest BCUT2D eigenvalue weighted by Crippen LogP contribution is 2.33. The van der Waals surface area contributed by atoms with Gasteiger partial charge < -0.3 is 4.74 Å². The smallest absolute Gasteiger partial charge is 0.243 e. The Morgan fingerprint density at radius 1 is 0.867 bits per heavy atom. The highest BCUT2D eigenvalue weighted by molar-refractivity contribution is 7.89. The molecule has 0 aromatic heterocycles. The summed E-state index contributed by atoms with van der Waals surface area (Å²) in [4.78, 5) is 0.459. The molecule has 30 heavy (non-hydrogen) atoms. The molecule has 1 fully saturated rings. The van der Waals surface area contributed by atoms with Gasteiger partial charge in [0.1, 0.15) is 5.75 Å². The Labute approximate surface area is 179 Å². The molecule has 0 amide bonds. The average Bonchev–Trinajstić information content (AvgIpc) is 2.73. The van der Waals surface area contributed by atoms with Gasteiger partial charge in [-0.3, -0.25) is 0 Å². The minimum Gasteiger partial charge on any atom is -0.496 e. The van der Waals surface area contributed by atoms with Crippen molar-refractivity contribution in [2.24, 2.45) is 0 Å². The molecule has 0 radical (unpaired) electrons. The predicted octanol–water partition coefficient (Wildman–Crippen LogP) is 2.82. The molecule has 1 saturated heterocycles. The van der Waals surface area contributed by atoms with Crippen LogP contribution < -0.4 is 4.74 Å². The van der Waals surface area contributed by atoms with Gasteiger partial charge in [0, 0.05) is 26.2 Å². The summed E-state index contributed by atoms with van der Waals surface area (Å²) in [5.74, 6) is 0.766. The number of nitrogens with zero attached hydrogens (tertiary/aromatic N) is 2. The van der Waals surface area contributed by atoms with Crippen LogP contribution in [0.2, 0.25) is 0 Å². The summed E-state index contributed by atoms with van der Waals surface area (Å²) in [5, 5.41) is 0. The van der Waals surface area contributed by atoms with Crippen LogP contribution in [0.1, 0.15) is 30.9 Å². The fraction of sp³-hybridized carbons (Fsp3) is 0.429. The lowest BCUT2D eigenvalue weighted by atomic mass is 10.0. The lowest BCUT2D eigenvalue weighted by Crippen LogP contribution is -2.50. The van der Waals surface area contributed by atoms with Crippen LogP contribution >= 0.6 is 0 Å². The molecule has 0 spiro atoms. The third kappa shape index (κ3) is 4.25. The van der Waals surface area contributed by atoms with Crippen molar-refractivity contribution in [1.82, 2.24) is 8.61 Å². The van der Waals surface area contributed by atoms with Gasteiger partial charge in [0.2, 0.25) is 20.0 Å². The van der Waals surface area contributed by atoms with Crippen LogP contribution in [-0.2, 0) is 20.0 Å². The highest BCUT2D eigenvalue weighted by atomic mass is 32.2. The second kappa shape index (κ2) is 8.66. The van der Waals surface area contributed by atoms with Crippen molar-refractivity contribution in [3.8, 4) is 5.75 Å². The molecule has 0 unspecified atom stereocenters. The van der Waals surface area contributed by atoms with Gasteiger partial charge in [0.05, 0.1) is 16.9 Å². The molecule has 0 aliphatic carbocycles. The third-order valence-electron chi connectivity index (χ3n) is 5.35.